The summed E-state index contributed by atoms with van der Waals surface area (Å²) in [7, 11) is 0. The summed E-state index contributed by atoms with van der Waals surface area (Å²) in [5, 5.41) is 0. The van der Waals surface area contributed by atoms with Gasteiger partial charge in [-0.3, -0.25) is 0 Å². The molecule has 0 bridgehead atoms. The predicted molar refractivity (Wildman–Crippen MR) is 112 cm³/mol. The van der Waals surface area contributed by atoms with Crippen LogP contribution in [-0.2, 0) is 13.0 Å². The summed E-state index contributed by atoms with van der Waals surface area (Å²) in [4.78, 5) is 0. The van der Waals surface area contributed by atoms with Crippen molar-refractivity contribution < 1.29 is 14.2 Å². The van der Waals surface area contributed by atoms with Gasteiger partial charge in [0.05, 0.1) is 0 Å². The largest absolute Gasteiger partial charge is 0.490 e. The molecule has 0 aliphatic heterocycles. The van der Waals surface area contributed by atoms with Gasteiger partial charge in [-0.25, -0.2) is 0 Å². The molecule has 28 heavy (non-hydrogen) atoms. The van der Waals surface area contributed by atoms with Crippen LogP contribution in [0.5, 0.6) is 17.2 Å². The molecule has 4 nitrogen and oxygen atoms in total. The zero-order chi connectivity index (χ0) is 19.6. The molecule has 0 amide bonds. The molecule has 2 N–H and O–H groups in total. The number of ether oxygens (including phenoxy) is 3. The molecule has 0 aliphatic carbocycles. The molecule has 3 aromatic rings. The average molecular weight is 377 g/mol. The van der Waals surface area contributed by atoms with Crippen LogP contribution in [-0.4, -0.2) is 19.3 Å². The second-order valence-corrected chi connectivity index (χ2v) is 6.77. The Morgan fingerprint density at radius 3 is 1.68 bits per heavy atom. The minimum absolute atomic E-state index is 0.162. The maximum Gasteiger partial charge on any atom is 0.122 e. The highest BCUT2D eigenvalue weighted by molar-refractivity contribution is 5.31. The van der Waals surface area contributed by atoms with Crippen LogP contribution in [0.1, 0.15) is 18.1 Å². The van der Waals surface area contributed by atoms with Gasteiger partial charge in [0, 0.05) is 6.04 Å². The molecule has 0 saturated heterocycles. The molecule has 0 fully saturated rings. The minimum atomic E-state index is 0.162. The van der Waals surface area contributed by atoms with Gasteiger partial charge < -0.3 is 19.9 Å². The Morgan fingerprint density at radius 2 is 1.14 bits per heavy atom. The standard InChI is InChI=1S/C24H27NO3/c1-19(25)17-20-7-9-22(10-8-20)26-15-16-27-23-11-13-24(14-12-23)28-18-21-5-3-2-4-6-21/h2-14,19H,15-18,25H2,1H3. The highest BCUT2D eigenvalue weighted by Crippen LogP contribution is 2.19. The first-order chi connectivity index (χ1) is 13.7. The van der Waals surface area contributed by atoms with E-state index in [1.807, 2.05) is 85.8 Å². The van der Waals surface area contributed by atoms with Crippen LogP contribution in [0.25, 0.3) is 0 Å². The van der Waals surface area contributed by atoms with Gasteiger partial charge >= 0.3 is 0 Å². The van der Waals surface area contributed by atoms with Crippen LogP contribution in [0, 0.1) is 0 Å². The second kappa shape index (κ2) is 10.4. The fourth-order valence-corrected chi connectivity index (χ4v) is 2.79. The van der Waals surface area contributed by atoms with Gasteiger partial charge in [-0.1, -0.05) is 42.5 Å². The van der Waals surface area contributed by atoms with Crippen LogP contribution in [0.2, 0.25) is 0 Å². The van der Waals surface area contributed by atoms with Crippen molar-refractivity contribution in [3.05, 3.63) is 90.0 Å². The molecule has 0 spiro atoms. The number of benzene rings is 3. The van der Waals surface area contributed by atoms with Gasteiger partial charge in [0.1, 0.15) is 37.1 Å². The van der Waals surface area contributed by atoms with Crippen molar-refractivity contribution >= 4 is 0 Å². The molecule has 0 heterocycles. The molecule has 1 atom stereocenters. The van der Waals surface area contributed by atoms with Crippen molar-refractivity contribution in [1.82, 2.24) is 0 Å². The first-order valence-electron chi connectivity index (χ1n) is 9.56. The highest BCUT2D eigenvalue weighted by atomic mass is 16.5. The molecule has 0 saturated carbocycles. The fourth-order valence-electron chi connectivity index (χ4n) is 2.79. The maximum absolute atomic E-state index is 5.81. The number of nitrogens with two attached hydrogens (primary N) is 1. The normalized spacial score (nSPS) is 11.6. The van der Waals surface area contributed by atoms with Crippen molar-refractivity contribution in [2.45, 2.75) is 26.0 Å². The lowest BCUT2D eigenvalue weighted by atomic mass is 10.1. The van der Waals surface area contributed by atoms with Crippen LogP contribution in [0.4, 0.5) is 0 Å². The third kappa shape index (κ3) is 6.63. The monoisotopic (exact) mass is 377 g/mol. The van der Waals surface area contributed by atoms with E-state index in [4.69, 9.17) is 19.9 Å². The first-order valence-corrected chi connectivity index (χ1v) is 9.56. The average Bonchev–Trinajstić information content (AvgIpc) is 2.72. The zero-order valence-electron chi connectivity index (χ0n) is 16.2. The van der Waals surface area contributed by atoms with Gasteiger partial charge in [0.25, 0.3) is 0 Å². The highest BCUT2D eigenvalue weighted by Gasteiger charge is 2.01. The summed E-state index contributed by atoms with van der Waals surface area (Å²) in [5.74, 6) is 2.45. The van der Waals surface area contributed by atoms with Crippen molar-refractivity contribution in [3.8, 4) is 17.2 Å². The fraction of sp³-hybridized carbons (Fsp3) is 0.250. The summed E-state index contributed by atoms with van der Waals surface area (Å²) < 4.78 is 17.2. The summed E-state index contributed by atoms with van der Waals surface area (Å²) in [6.45, 7) is 3.52. The topological polar surface area (TPSA) is 53.7 Å². The predicted octanol–water partition coefficient (Wildman–Crippen LogP) is 4.61. The van der Waals surface area contributed by atoms with E-state index in [0.29, 0.717) is 19.8 Å². The Balaban J connectivity index is 1.36. The van der Waals surface area contributed by atoms with Crippen molar-refractivity contribution in [2.24, 2.45) is 5.73 Å². The van der Waals surface area contributed by atoms with E-state index in [9.17, 15) is 0 Å². The van der Waals surface area contributed by atoms with Crippen LogP contribution in [0.3, 0.4) is 0 Å². The van der Waals surface area contributed by atoms with E-state index in [2.05, 4.69) is 0 Å². The summed E-state index contributed by atoms with van der Waals surface area (Å²) in [6.07, 6.45) is 0.869. The number of hydrogen-bond acceptors (Lipinski definition) is 4. The van der Waals surface area contributed by atoms with E-state index >= 15 is 0 Å². The van der Waals surface area contributed by atoms with E-state index < -0.39 is 0 Å². The first kappa shape index (κ1) is 19.8. The SMILES string of the molecule is CC(N)Cc1ccc(OCCOc2ccc(OCc3ccccc3)cc2)cc1. The summed E-state index contributed by atoms with van der Waals surface area (Å²) in [5.41, 5.74) is 8.17. The summed E-state index contributed by atoms with van der Waals surface area (Å²) >= 11 is 0. The van der Waals surface area contributed by atoms with Gasteiger partial charge in [-0.15, -0.1) is 0 Å². The van der Waals surface area contributed by atoms with Crippen LogP contribution < -0.4 is 19.9 Å². The maximum atomic E-state index is 5.81. The van der Waals surface area contributed by atoms with E-state index in [-0.39, 0.29) is 6.04 Å². The number of rotatable bonds is 10. The van der Waals surface area contributed by atoms with Crippen LogP contribution >= 0.6 is 0 Å². The lowest BCUT2D eigenvalue weighted by Crippen LogP contribution is -2.17. The van der Waals surface area contributed by atoms with Crippen LogP contribution in [0.15, 0.2) is 78.9 Å². The lowest BCUT2D eigenvalue weighted by molar-refractivity contribution is 0.217. The van der Waals surface area contributed by atoms with Crippen molar-refractivity contribution in [1.29, 1.82) is 0 Å². The lowest BCUT2D eigenvalue weighted by Gasteiger charge is -2.10. The third-order valence-corrected chi connectivity index (χ3v) is 4.17. The van der Waals surface area contributed by atoms with E-state index in [1.54, 1.807) is 0 Å². The molecule has 0 radical (unpaired) electrons. The molecule has 146 valence electrons. The molecule has 0 aliphatic rings. The molecule has 0 aromatic heterocycles. The second-order valence-electron chi connectivity index (χ2n) is 6.77. The Bertz CT molecular complexity index is 815. The smallest absolute Gasteiger partial charge is 0.122 e. The number of hydrogen-bond donors (Lipinski definition) is 1. The molecule has 4 heteroatoms. The molecular weight excluding hydrogens is 350 g/mol. The Hall–Kier alpha value is -2.98. The molecule has 3 rings (SSSR count). The summed E-state index contributed by atoms with van der Waals surface area (Å²) in [6, 6.07) is 25.9. The third-order valence-electron chi connectivity index (χ3n) is 4.17. The Morgan fingerprint density at radius 1 is 0.643 bits per heavy atom. The Labute approximate surface area is 166 Å². The molecular formula is C24H27NO3. The van der Waals surface area contributed by atoms with Crippen molar-refractivity contribution in [3.63, 3.8) is 0 Å². The van der Waals surface area contributed by atoms with Gasteiger partial charge in [-0.05, 0) is 60.9 Å². The van der Waals surface area contributed by atoms with Crippen molar-refractivity contribution in [2.75, 3.05) is 13.2 Å². The molecule has 3 aromatic carbocycles. The van der Waals surface area contributed by atoms with E-state index in [1.165, 1.54) is 5.56 Å². The van der Waals surface area contributed by atoms with Gasteiger partial charge in [0.2, 0.25) is 0 Å². The quantitative estimate of drug-likeness (QED) is 0.524. The van der Waals surface area contributed by atoms with Gasteiger partial charge in [0.15, 0.2) is 0 Å². The zero-order valence-corrected chi connectivity index (χ0v) is 16.2. The molecule has 1 unspecified atom stereocenters. The Kier molecular flexibility index (Phi) is 7.33. The minimum Gasteiger partial charge on any atom is -0.490 e. The van der Waals surface area contributed by atoms with Gasteiger partial charge in [-0.2, -0.15) is 0 Å². The van der Waals surface area contributed by atoms with E-state index in [0.717, 1.165) is 29.2 Å².